The van der Waals surface area contributed by atoms with Gasteiger partial charge >= 0.3 is 0 Å². The molecule has 1 unspecified atom stereocenters. The summed E-state index contributed by atoms with van der Waals surface area (Å²) < 4.78 is 12.9. The molecule has 0 amide bonds. The van der Waals surface area contributed by atoms with Crippen molar-refractivity contribution >= 4 is 0 Å². The maximum absolute atomic E-state index is 12.9. The van der Waals surface area contributed by atoms with E-state index in [1.165, 1.54) is 18.6 Å². The van der Waals surface area contributed by atoms with Gasteiger partial charge in [0.2, 0.25) is 0 Å². The molecule has 3 rings (SSSR count). The first-order valence-corrected chi connectivity index (χ1v) is 6.61. The minimum absolute atomic E-state index is 0.227. The summed E-state index contributed by atoms with van der Waals surface area (Å²) in [6.07, 6.45) is 5.96. The van der Waals surface area contributed by atoms with Gasteiger partial charge in [-0.1, -0.05) is 12.1 Å². The zero-order valence-electron chi connectivity index (χ0n) is 10.6. The maximum Gasteiger partial charge on any atom is 0.132 e. The van der Waals surface area contributed by atoms with Crippen molar-refractivity contribution < 1.29 is 4.39 Å². The average Bonchev–Trinajstić information content (AvgIpc) is 2.49. The molecule has 0 radical (unpaired) electrons. The first-order valence-electron chi connectivity index (χ1n) is 6.61. The molecule has 2 aromatic rings. The Morgan fingerprint density at radius 2 is 1.79 bits per heavy atom. The van der Waals surface area contributed by atoms with E-state index in [-0.39, 0.29) is 5.82 Å². The van der Waals surface area contributed by atoms with Crippen LogP contribution in [0.1, 0.15) is 24.6 Å². The van der Waals surface area contributed by atoms with Gasteiger partial charge in [-0.05, 0) is 37.1 Å². The number of hydrogen-bond acceptors (Lipinski definition) is 3. The van der Waals surface area contributed by atoms with Crippen LogP contribution >= 0.6 is 0 Å². The standard InChI is InChI=1S/C15H16FN3/c16-14-5-3-11(4-6-14)13-9-18-15(19-10-13)12-2-1-7-17-8-12/h3-6,9-10,12,17H,1-2,7-8H2. The number of piperidine rings is 1. The summed E-state index contributed by atoms with van der Waals surface area (Å²) in [6.45, 7) is 2.04. The average molecular weight is 257 g/mol. The van der Waals surface area contributed by atoms with E-state index in [1.54, 1.807) is 12.1 Å². The maximum atomic E-state index is 12.9. The van der Waals surface area contributed by atoms with Crippen molar-refractivity contribution in [2.75, 3.05) is 13.1 Å². The van der Waals surface area contributed by atoms with E-state index in [1.807, 2.05) is 12.4 Å². The molecule has 98 valence electrons. The van der Waals surface area contributed by atoms with Crippen LogP contribution in [0, 0.1) is 5.82 Å². The van der Waals surface area contributed by atoms with Gasteiger partial charge in [-0.3, -0.25) is 0 Å². The molecule has 0 bridgehead atoms. The first kappa shape index (κ1) is 12.2. The number of aromatic nitrogens is 2. The van der Waals surface area contributed by atoms with Crippen molar-refractivity contribution in [2.24, 2.45) is 0 Å². The molecule has 4 heteroatoms. The third-order valence-electron chi connectivity index (χ3n) is 3.51. The summed E-state index contributed by atoms with van der Waals surface area (Å²) >= 11 is 0. The van der Waals surface area contributed by atoms with Crippen LogP contribution in [0.25, 0.3) is 11.1 Å². The lowest BCUT2D eigenvalue weighted by Crippen LogP contribution is -2.29. The molecular weight excluding hydrogens is 241 g/mol. The van der Waals surface area contributed by atoms with E-state index in [2.05, 4.69) is 15.3 Å². The Kier molecular flexibility index (Phi) is 3.51. The second kappa shape index (κ2) is 5.45. The zero-order chi connectivity index (χ0) is 13.1. The van der Waals surface area contributed by atoms with Crippen molar-refractivity contribution in [2.45, 2.75) is 18.8 Å². The summed E-state index contributed by atoms with van der Waals surface area (Å²) in [5, 5.41) is 3.36. The van der Waals surface area contributed by atoms with Crippen LogP contribution in [0.2, 0.25) is 0 Å². The first-order chi connectivity index (χ1) is 9.33. The fraction of sp³-hybridized carbons (Fsp3) is 0.333. The number of rotatable bonds is 2. The molecular formula is C15H16FN3. The number of hydrogen-bond donors (Lipinski definition) is 1. The molecule has 3 nitrogen and oxygen atoms in total. The summed E-state index contributed by atoms with van der Waals surface area (Å²) in [7, 11) is 0. The van der Waals surface area contributed by atoms with Crippen molar-refractivity contribution in [3.8, 4) is 11.1 Å². The van der Waals surface area contributed by atoms with E-state index in [0.717, 1.165) is 36.5 Å². The largest absolute Gasteiger partial charge is 0.316 e. The van der Waals surface area contributed by atoms with E-state index < -0.39 is 0 Å². The normalized spacial score (nSPS) is 19.3. The van der Waals surface area contributed by atoms with E-state index in [4.69, 9.17) is 0 Å². The van der Waals surface area contributed by atoms with Crippen molar-refractivity contribution in [3.63, 3.8) is 0 Å². The summed E-state index contributed by atoms with van der Waals surface area (Å²) in [5.41, 5.74) is 1.86. The van der Waals surface area contributed by atoms with Crippen LogP contribution in [0.15, 0.2) is 36.7 Å². The fourth-order valence-electron chi connectivity index (χ4n) is 2.41. The van der Waals surface area contributed by atoms with Gasteiger partial charge < -0.3 is 5.32 Å². The van der Waals surface area contributed by atoms with Crippen LogP contribution in [0.4, 0.5) is 4.39 Å². The predicted molar refractivity (Wildman–Crippen MR) is 72.3 cm³/mol. The van der Waals surface area contributed by atoms with Gasteiger partial charge in [0.05, 0.1) is 0 Å². The SMILES string of the molecule is Fc1ccc(-c2cnc(C3CCCNC3)nc2)cc1. The number of halogens is 1. The monoisotopic (exact) mass is 257 g/mol. The third kappa shape index (κ3) is 2.79. The van der Waals surface area contributed by atoms with Gasteiger partial charge in [0.25, 0.3) is 0 Å². The van der Waals surface area contributed by atoms with Crippen LogP contribution in [-0.4, -0.2) is 23.1 Å². The minimum Gasteiger partial charge on any atom is -0.316 e. The molecule has 19 heavy (non-hydrogen) atoms. The van der Waals surface area contributed by atoms with Crippen LogP contribution < -0.4 is 5.32 Å². The van der Waals surface area contributed by atoms with Gasteiger partial charge in [0.1, 0.15) is 11.6 Å². The van der Waals surface area contributed by atoms with Gasteiger partial charge in [0, 0.05) is 30.4 Å². The van der Waals surface area contributed by atoms with Crippen LogP contribution in [0.3, 0.4) is 0 Å². The molecule has 0 spiro atoms. The molecule has 1 saturated heterocycles. The number of benzene rings is 1. The Balaban J connectivity index is 1.80. The van der Waals surface area contributed by atoms with Crippen molar-refractivity contribution in [1.29, 1.82) is 0 Å². The third-order valence-corrected chi connectivity index (χ3v) is 3.51. The highest BCUT2D eigenvalue weighted by molar-refractivity contribution is 5.61. The zero-order valence-corrected chi connectivity index (χ0v) is 10.6. The Hall–Kier alpha value is -1.81. The number of nitrogens with one attached hydrogen (secondary N) is 1. The molecule has 1 aliphatic heterocycles. The van der Waals surface area contributed by atoms with Crippen LogP contribution in [-0.2, 0) is 0 Å². The molecule has 1 aromatic heterocycles. The number of nitrogens with zero attached hydrogens (tertiary/aromatic N) is 2. The summed E-state index contributed by atoms with van der Waals surface area (Å²) in [5.74, 6) is 1.09. The fourth-order valence-corrected chi connectivity index (χ4v) is 2.41. The molecule has 1 aliphatic rings. The molecule has 0 saturated carbocycles. The second-order valence-electron chi connectivity index (χ2n) is 4.88. The molecule has 1 fully saturated rings. The quantitative estimate of drug-likeness (QED) is 0.899. The van der Waals surface area contributed by atoms with E-state index in [0.29, 0.717) is 5.92 Å². The van der Waals surface area contributed by atoms with Gasteiger partial charge in [0.15, 0.2) is 0 Å². The topological polar surface area (TPSA) is 37.8 Å². The van der Waals surface area contributed by atoms with E-state index in [9.17, 15) is 4.39 Å². The van der Waals surface area contributed by atoms with Gasteiger partial charge in [-0.2, -0.15) is 0 Å². The highest BCUT2D eigenvalue weighted by Crippen LogP contribution is 2.22. The second-order valence-corrected chi connectivity index (χ2v) is 4.88. The van der Waals surface area contributed by atoms with Gasteiger partial charge in [-0.15, -0.1) is 0 Å². The van der Waals surface area contributed by atoms with Crippen LogP contribution in [0.5, 0.6) is 0 Å². The smallest absolute Gasteiger partial charge is 0.132 e. The molecule has 1 N–H and O–H groups in total. The molecule has 0 aliphatic carbocycles. The predicted octanol–water partition coefficient (Wildman–Crippen LogP) is 2.75. The highest BCUT2D eigenvalue weighted by Gasteiger charge is 2.17. The molecule has 1 aromatic carbocycles. The Bertz CT molecular complexity index is 530. The van der Waals surface area contributed by atoms with E-state index >= 15 is 0 Å². The Morgan fingerprint density at radius 3 is 2.42 bits per heavy atom. The summed E-state index contributed by atoms with van der Waals surface area (Å²) in [6, 6.07) is 6.40. The van der Waals surface area contributed by atoms with Gasteiger partial charge in [-0.25, -0.2) is 14.4 Å². The van der Waals surface area contributed by atoms with Crippen molar-refractivity contribution in [3.05, 3.63) is 48.3 Å². The lowest BCUT2D eigenvalue weighted by atomic mass is 9.99. The minimum atomic E-state index is -0.227. The molecule has 1 atom stereocenters. The lowest BCUT2D eigenvalue weighted by Gasteiger charge is -2.21. The summed E-state index contributed by atoms with van der Waals surface area (Å²) in [4.78, 5) is 8.91. The Morgan fingerprint density at radius 1 is 1.05 bits per heavy atom. The highest BCUT2D eigenvalue weighted by atomic mass is 19.1. The Labute approximate surface area is 111 Å². The molecule has 2 heterocycles. The lowest BCUT2D eigenvalue weighted by molar-refractivity contribution is 0.446. The van der Waals surface area contributed by atoms with Crippen molar-refractivity contribution in [1.82, 2.24) is 15.3 Å².